The Morgan fingerprint density at radius 1 is 1.25 bits per heavy atom. The maximum atomic E-state index is 4.95. The number of para-hydroxylation sites is 1. The SMILES string of the molecule is C[C@@]12CCCC[C@@H]1C[N+](c1ccccc1)=N2. The summed E-state index contributed by atoms with van der Waals surface area (Å²) in [7, 11) is 0. The van der Waals surface area contributed by atoms with Crippen molar-refractivity contribution in [3.63, 3.8) is 0 Å². The second kappa shape index (κ2) is 3.69. The van der Waals surface area contributed by atoms with Crippen molar-refractivity contribution in [2.75, 3.05) is 6.54 Å². The minimum atomic E-state index is 0.216. The monoisotopic (exact) mass is 215 g/mol. The molecule has 2 heteroatoms. The molecule has 2 aliphatic rings. The molecule has 1 aliphatic heterocycles. The highest BCUT2D eigenvalue weighted by Gasteiger charge is 2.47. The van der Waals surface area contributed by atoms with E-state index in [2.05, 4.69) is 42.0 Å². The highest BCUT2D eigenvalue weighted by atomic mass is 15.3. The smallest absolute Gasteiger partial charge is 0.0881 e. The molecule has 1 heterocycles. The van der Waals surface area contributed by atoms with E-state index in [1.54, 1.807) is 0 Å². The zero-order valence-corrected chi connectivity index (χ0v) is 9.89. The fourth-order valence-electron chi connectivity index (χ4n) is 3.10. The molecule has 2 atom stereocenters. The van der Waals surface area contributed by atoms with Crippen LogP contribution in [0, 0.1) is 5.92 Å². The van der Waals surface area contributed by atoms with E-state index in [1.165, 1.54) is 31.4 Å². The van der Waals surface area contributed by atoms with Crippen LogP contribution in [0.4, 0.5) is 5.69 Å². The van der Waals surface area contributed by atoms with Crippen LogP contribution in [0.5, 0.6) is 0 Å². The van der Waals surface area contributed by atoms with Crippen LogP contribution in [0.25, 0.3) is 0 Å². The van der Waals surface area contributed by atoms with Crippen molar-refractivity contribution in [3.05, 3.63) is 30.3 Å². The minimum Gasteiger partial charge on any atom is -0.0881 e. The lowest BCUT2D eigenvalue weighted by Crippen LogP contribution is -2.33. The third kappa shape index (κ3) is 1.57. The molecular weight excluding hydrogens is 196 g/mol. The summed E-state index contributed by atoms with van der Waals surface area (Å²) in [6.45, 7) is 3.44. The fraction of sp³-hybridized carbons (Fsp3) is 0.571. The Morgan fingerprint density at radius 3 is 2.81 bits per heavy atom. The largest absolute Gasteiger partial charge is 0.231 e. The summed E-state index contributed by atoms with van der Waals surface area (Å²) < 4.78 is 2.22. The van der Waals surface area contributed by atoms with Crippen molar-refractivity contribution in [1.29, 1.82) is 0 Å². The van der Waals surface area contributed by atoms with Gasteiger partial charge in [-0.25, -0.2) is 0 Å². The minimum absolute atomic E-state index is 0.216. The van der Waals surface area contributed by atoms with E-state index >= 15 is 0 Å². The van der Waals surface area contributed by atoms with Gasteiger partial charge in [-0.1, -0.05) is 35.7 Å². The van der Waals surface area contributed by atoms with Gasteiger partial charge in [-0.2, -0.15) is 0 Å². The van der Waals surface area contributed by atoms with Crippen LogP contribution in [-0.2, 0) is 0 Å². The van der Waals surface area contributed by atoms with E-state index in [9.17, 15) is 0 Å². The van der Waals surface area contributed by atoms with Crippen molar-refractivity contribution >= 4 is 5.69 Å². The molecule has 1 aromatic rings. The summed E-state index contributed by atoms with van der Waals surface area (Å²) in [5.41, 5.74) is 1.46. The van der Waals surface area contributed by atoms with Gasteiger partial charge < -0.3 is 0 Å². The number of benzene rings is 1. The molecule has 16 heavy (non-hydrogen) atoms. The van der Waals surface area contributed by atoms with Crippen molar-refractivity contribution < 1.29 is 4.70 Å². The molecular formula is C14H19N2+. The van der Waals surface area contributed by atoms with Crippen molar-refractivity contribution in [1.82, 2.24) is 0 Å². The van der Waals surface area contributed by atoms with E-state index in [0.717, 1.165) is 12.5 Å². The number of azo groups is 2. The molecule has 84 valence electrons. The number of fused-ring (bicyclic) bond motifs is 1. The molecule has 1 saturated carbocycles. The second-order valence-electron chi connectivity index (χ2n) is 5.32. The molecule has 0 unspecified atom stereocenters. The van der Waals surface area contributed by atoms with Crippen LogP contribution in [0.3, 0.4) is 0 Å². The van der Waals surface area contributed by atoms with E-state index < -0.39 is 0 Å². The second-order valence-corrected chi connectivity index (χ2v) is 5.32. The van der Waals surface area contributed by atoms with Crippen molar-refractivity contribution in [2.24, 2.45) is 11.0 Å². The number of hydrogen-bond donors (Lipinski definition) is 0. The van der Waals surface area contributed by atoms with Gasteiger partial charge in [0.25, 0.3) is 0 Å². The zero-order chi connectivity index (χ0) is 11.0. The summed E-state index contributed by atoms with van der Waals surface area (Å²) >= 11 is 0. The molecule has 1 aliphatic carbocycles. The Labute approximate surface area is 97.0 Å². The summed E-state index contributed by atoms with van der Waals surface area (Å²) in [6, 6.07) is 10.6. The molecule has 0 saturated heterocycles. The van der Waals surface area contributed by atoms with E-state index in [4.69, 9.17) is 5.11 Å². The van der Waals surface area contributed by atoms with Crippen LogP contribution in [-0.4, -0.2) is 16.8 Å². The molecule has 1 fully saturated rings. The molecule has 0 N–H and O–H groups in total. The van der Waals surface area contributed by atoms with Gasteiger partial charge in [0.1, 0.15) is 5.54 Å². The zero-order valence-electron chi connectivity index (χ0n) is 9.89. The average Bonchev–Trinajstić information content (AvgIpc) is 2.67. The predicted octanol–water partition coefficient (Wildman–Crippen LogP) is 3.75. The molecule has 3 rings (SSSR count). The van der Waals surface area contributed by atoms with Gasteiger partial charge in [0.05, 0.1) is 5.92 Å². The van der Waals surface area contributed by atoms with Gasteiger partial charge in [-0.3, -0.25) is 0 Å². The van der Waals surface area contributed by atoms with Gasteiger partial charge in [0.15, 0.2) is 6.54 Å². The summed E-state index contributed by atoms with van der Waals surface area (Å²) in [5, 5.41) is 4.95. The molecule has 0 spiro atoms. The first-order valence-corrected chi connectivity index (χ1v) is 6.33. The number of rotatable bonds is 1. The normalized spacial score (nSPS) is 33.3. The molecule has 0 amide bonds. The van der Waals surface area contributed by atoms with Gasteiger partial charge in [-0.05, 0) is 24.9 Å². The average molecular weight is 215 g/mol. The summed E-state index contributed by atoms with van der Waals surface area (Å²) in [4.78, 5) is 0. The quantitative estimate of drug-likeness (QED) is 0.634. The molecule has 2 nitrogen and oxygen atoms in total. The third-order valence-electron chi connectivity index (χ3n) is 4.16. The summed E-state index contributed by atoms with van der Waals surface area (Å²) in [6.07, 6.45) is 5.35. The lowest BCUT2D eigenvalue weighted by Gasteiger charge is -2.28. The van der Waals surface area contributed by atoms with Crippen LogP contribution in [0.2, 0.25) is 0 Å². The van der Waals surface area contributed by atoms with Crippen LogP contribution >= 0.6 is 0 Å². The standard InChI is InChI=1S/C14H19N2/c1-14-10-6-5-7-12(14)11-16(15-14)13-8-3-2-4-9-13/h2-4,8-9,12H,5-7,10-11H2,1H3/q+1/t12-,14-/m1/s1. The lowest BCUT2D eigenvalue weighted by atomic mass is 9.75. The third-order valence-corrected chi connectivity index (χ3v) is 4.16. The first-order valence-electron chi connectivity index (χ1n) is 6.33. The highest BCUT2D eigenvalue weighted by molar-refractivity contribution is 5.28. The first-order chi connectivity index (χ1) is 7.78. The van der Waals surface area contributed by atoms with Crippen LogP contribution in [0.1, 0.15) is 32.6 Å². The van der Waals surface area contributed by atoms with Gasteiger partial charge in [0.2, 0.25) is 5.69 Å². The first kappa shape index (κ1) is 10.0. The van der Waals surface area contributed by atoms with Crippen molar-refractivity contribution in [2.45, 2.75) is 38.1 Å². The highest BCUT2D eigenvalue weighted by Crippen LogP contribution is 2.42. The topological polar surface area (TPSA) is 15.4 Å². The Hall–Kier alpha value is -1.18. The van der Waals surface area contributed by atoms with E-state index in [0.29, 0.717) is 0 Å². The van der Waals surface area contributed by atoms with Gasteiger partial charge in [0, 0.05) is 12.1 Å². The molecule has 0 radical (unpaired) electrons. The Kier molecular flexibility index (Phi) is 2.31. The molecule has 1 aromatic carbocycles. The van der Waals surface area contributed by atoms with Gasteiger partial charge >= 0.3 is 0 Å². The van der Waals surface area contributed by atoms with Crippen LogP contribution < -0.4 is 0 Å². The number of hydrogen-bond acceptors (Lipinski definition) is 1. The maximum Gasteiger partial charge on any atom is 0.231 e. The van der Waals surface area contributed by atoms with Gasteiger partial charge in [-0.15, -0.1) is 0 Å². The fourth-order valence-corrected chi connectivity index (χ4v) is 3.10. The van der Waals surface area contributed by atoms with Crippen molar-refractivity contribution in [3.8, 4) is 0 Å². The number of nitrogens with zero attached hydrogens (tertiary/aromatic N) is 2. The maximum absolute atomic E-state index is 4.95. The van der Waals surface area contributed by atoms with E-state index in [-0.39, 0.29) is 5.54 Å². The Balaban J connectivity index is 1.92. The Bertz CT molecular complexity index is 410. The Morgan fingerprint density at radius 2 is 2.06 bits per heavy atom. The predicted molar refractivity (Wildman–Crippen MR) is 64.0 cm³/mol. The van der Waals surface area contributed by atoms with Crippen LogP contribution in [0.15, 0.2) is 35.4 Å². The van der Waals surface area contributed by atoms with E-state index in [1.807, 2.05) is 0 Å². The molecule has 0 aromatic heterocycles. The summed E-state index contributed by atoms with van der Waals surface area (Å²) in [5.74, 6) is 0.765. The molecule has 0 bridgehead atoms. The lowest BCUT2D eigenvalue weighted by molar-refractivity contribution is -0.503.